The Balaban J connectivity index is 2.15. The van der Waals surface area contributed by atoms with Crippen LogP contribution in [0.15, 0.2) is 33.6 Å². The molecule has 0 aliphatic rings. The van der Waals surface area contributed by atoms with Gasteiger partial charge in [0.15, 0.2) is 0 Å². The molecule has 16 heavy (non-hydrogen) atoms. The van der Waals surface area contributed by atoms with Crippen molar-refractivity contribution in [3.05, 3.63) is 44.3 Å². The molecular weight excluding hydrogens is 308 g/mol. The minimum atomic E-state index is 0.184. The van der Waals surface area contributed by atoms with Crippen molar-refractivity contribution in [2.45, 2.75) is 13.0 Å². The molecule has 2 rings (SSSR count). The molecule has 0 bridgehead atoms. The minimum absolute atomic E-state index is 0.184. The summed E-state index contributed by atoms with van der Waals surface area (Å²) in [5.74, 6) is 0. The summed E-state index contributed by atoms with van der Waals surface area (Å²) >= 11 is 11.0. The van der Waals surface area contributed by atoms with Crippen LogP contribution in [0.1, 0.15) is 18.7 Å². The first-order valence-electron chi connectivity index (χ1n) is 4.76. The molecule has 0 radical (unpaired) electrons. The number of hydrogen-bond donors (Lipinski definition) is 1. The normalized spacial score (nSPS) is 12.4. The Morgan fingerprint density at radius 3 is 2.94 bits per heavy atom. The second-order valence-corrected chi connectivity index (χ2v) is 5.41. The van der Waals surface area contributed by atoms with Gasteiger partial charge >= 0.3 is 0 Å². The van der Waals surface area contributed by atoms with Crippen molar-refractivity contribution in [2.24, 2.45) is 0 Å². The van der Waals surface area contributed by atoms with E-state index < -0.39 is 0 Å². The second kappa shape index (κ2) is 5.17. The third-order valence-electron chi connectivity index (χ3n) is 2.20. The summed E-state index contributed by atoms with van der Waals surface area (Å²) in [6.45, 7) is 2.08. The fraction of sp³-hybridized carbons (Fsp3) is 0.182. The smallest absolute Gasteiger partial charge is 0.0795 e. The van der Waals surface area contributed by atoms with Gasteiger partial charge in [-0.05, 0) is 41.1 Å². The highest BCUT2D eigenvalue weighted by molar-refractivity contribution is 9.10. The van der Waals surface area contributed by atoms with Gasteiger partial charge in [0, 0.05) is 20.6 Å². The number of benzene rings is 1. The quantitative estimate of drug-likeness (QED) is 0.885. The third kappa shape index (κ3) is 2.75. The van der Waals surface area contributed by atoms with Gasteiger partial charge in [0.25, 0.3) is 0 Å². The molecule has 0 aliphatic heterocycles. The number of rotatable bonds is 3. The highest BCUT2D eigenvalue weighted by atomic mass is 79.9. The maximum absolute atomic E-state index is 5.88. The summed E-state index contributed by atoms with van der Waals surface area (Å²) in [4.78, 5) is 4.27. The molecule has 84 valence electrons. The molecular formula is C11H10BrClN2S. The van der Waals surface area contributed by atoms with E-state index in [9.17, 15) is 0 Å². The minimum Gasteiger partial charge on any atom is -0.376 e. The Kier molecular flexibility index (Phi) is 3.84. The highest BCUT2D eigenvalue weighted by Crippen LogP contribution is 2.28. The van der Waals surface area contributed by atoms with Crippen LogP contribution in [-0.4, -0.2) is 4.98 Å². The van der Waals surface area contributed by atoms with E-state index in [0.29, 0.717) is 0 Å². The summed E-state index contributed by atoms with van der Waals surface area (Å²) in [7, 11) is 0. The number of halogens is 2. The lowest BCUT2D eigenvalue weighted by atomic mass is 10.2. The van der Waals surface area contributed by atoms with Crippen molar-refractivity contribution >= 4 is 44.6 Å². The van der Waals surface area contributed by atoms with Gasteiger partial charge in [-0.3, -0.25) is 0 Å². The van der Waals surface area contributed by atoms with Gasteiger partial charge in [0.05, 0.1) is 17.2 Å². The Morgan fingerprint density at radius 1 is 1.50 bits per heavy atom. The molecule has 0 spiro atoms. The Bertz CT molecular complexity index is 473. The largest absolute Gasteiger partial charge is 0.376 e. The molecule has 1 aromatic carbocycles. The number of nitrogens with zero attached hydrogens (tertiary/aromatic N) is 1. The van der Waals surface area contributed by atoms with Gasteiger partial charge in [-0.15, -0.1) is 11.3 Å². The summed E-state index contributed by atoms with van der Waals surface area (Å²) in [6.07, 6.45) is 0. The molecule has 2 nitrogen and oxygen atoms in total. The first-order valence-corrected chi connectivity index (χ1v) is 6.88. The van der Waals surface area contributed by atoms with Crippen LogP contribution in [0.5, 0.6) is 0 Å². The SMILES string of the molecule is CC(Nc1ccc(Cl)cc1Br)c1cscn1. The topological polar surface area (TPSA) is 24.9 Å². The molecule has 1 atom stereocenters. The van der Waals surface area contributed by atoms with Gasteiger partial charge in [0.1, 0.15) is 0 Å². The molecule has 0 amide bonds. The lowest BCUT2D eigenvalue weighted by Gasteiger charge is -2.14. The predicted octanol–water partition coefficient (Wildman–Crippen LogP) is 4.73. The summed E-state index contributed by atoms with van der Waals surface area (Å²) in [5.41, 5.74) is 3.90. The maximum Gasteiger partial charge on any atom is 0.0795 e. The fourth-order valence-corrected chi connectivity index (χ4v) is 2.79. The van der Waals surface area contributed by atoms with E-state index in [0.717, 1.165) is 20.9 Å². The zero-order valence-corrected chi connectivity index (χ0v) is 11.7. The van der Waals surface area contributed by atoms with E-state index in [1.54, 1.807) is 11.3 Å². The predicted molar refractivity (Wildman–Crippen MR) is 73.3 cm³/mol. The Hall–Kier alpha value is -0.580. The maximum atomic E-state index is 5.88. The molecule has 1 unspecified atom stereocenters. The molecule has 1 aromatic heterocycles. The number of aromatic nitrogens is 1. The fourth-order valence-electron chi connectivity index (χ4n) is 1.35. The first kappa shape index (κ1) is 11.9. The first-order chi connectivity index (χ1) is 7.66. The van der Waals surface area contributed by atoms with Crippen molar-refractivity contribution in [1.82, 2.24) is 4.98 Å². The Labute approximate surface area is 112 Å². The number of thiazole rings is 1. The average Bonchev–Trinajstić information content (AvgIpc) is 2.75. The molecule has 0 saturated carbocycles. The number of nitrogens with one attached hydrogen (secondary N) is 1. The molecule has 2 aromatic rings. The van der Waals surface area contributed by atoms with Crippen LogP contribution in [0.25, 0.3) is 0 Å². The molecule has 0 saturated heterocycles. The lowest BCUT2D eigenvalue weighted by molar-refractivity contribution is 0.849. The van der Waals surface area contributed by atoms with Crippen LogP contribution in [0.2, 0.25) is 5.02 Å². The molecule has 0 aliphatic carbocycles. The van der Waals surface area contributed by atoms with Crippen molar-refractivity contribution < 1.29 is 0 Å². The van der Waals surface area contributed by atoms with Crippen LogP contribution in [0.3, 0.4) is 0 Å². The average molecular weight is 318 g/mol. The van der Waals surface area contributed by atoms with Gasteiger partial charge in [0.2, 0.25) is 0 Å². The third-order valence-corrected chi connectivity index (χ3v) is 3.69. The summed E-state index contributed by atoms with van der Waals surface area (Å²) in [6, 6.07) is 5.87. The van der Waals surface area contributed by atoms with E-state index in [1.807, 2.05) is 29.1 Å². The highest BCUT2D eigenvalue weighted by Gasteiger charge is 2.09. The molecule has 1 heterocycles. The van der Waals surface area contributed by atoms with E-state index in [-0.39, 0.29) is 6.04 Å². The van der Waals surface area contributed by atoms with Crippen LogP contribution < -0.4 is 5.32 Å². The van der Waals surface area contributed by atoms with E-state index in [2.05, 4.69) is 33.2 Å². The van der Waals surface area contributed by atoms with Crippen LogP contribution in [-0.2, 0) is 0 Å². The summed E-state index contributed by atoms with van der Waals surface area (Å²) < 4.78 is 0.960. The summed E-state index contributed by atoms with van der Waals surface area (Å²) in [5, 5.41) is 6.14. The standard InChI is InChI=1S/C11H10BrClN2S/c1-7(11-5-16-6-14-11)15-10-3-2-8(13)4-9(10)12/h2-7,15H,1H3. The number of hydrogen-bond acceptors (Lipinski definition) is 3. The van der Waals surface area contributed by atoms with Crippen molar-refractivity contribution in [1.29, 1.82) is 0 Å². The van der Waals surface area contributed by atoms with Gasteiger partial charge in [-0.1, -0.05) is 11.6 Å². The van der Waals surface area contributed by atoms with Crippen molar-refractivity contribution in [3.8, 4) is 0 Å². The van der Waals surface area contributed by atoms with Crippen molar-refractivity contribution in [3.63, 3.8) is 0 Å². The van der Waals surface area contributed by atoms with Gasteiger partial charge < -0.3 is 5.32 Å². The monoisotopic (exact) mass is 316 g/mol. The van der Waals surface area contributed by atoms with Crippen LogP contribution in [0, 0.1) is 0 Å². The molecule has 5 heteroatoms. The zero-order chi connectivity index (χ0) is 11.5. The second-order valence-electron chi connectivity index (χ2n) is 3.40. The Morgan fingerprint density at radius 2 is 2.31 bits per heavy atom. The van der Waals surface area contributed by atoms with E-state index in [4.69, 9.17) is 11.6 Å². The van der Waals surface area contributed by atoms with E-state index in [1.165, 1.54) is 0 Å². The van der Waals surface area contributed by atoms with Crippen LogP contribution in [0.4, 0.5) is 5.69 Å². The zero-order valence-electron chi connectivity index (χ0n) is 8.58. The van der Waals surface area contributed by atoms with Gasteiger partial charge in [-0.25, -0.2) is 4.98 Å². The lowest BCUT2D eigenvalue weighted by Crippen LogP contribution is -2.07. The van der Waals surface area contributed by atoms with Gasteiger partial charge in [-0.2, -0.15) is 0 Å². The molecule has 1 N–H and O–H groups in total. The van der Waals surface area contributed by atoms with E-state index >= 15 is 0 Å². The van der Waals surface area contributed by atoms with Crippen molar-refractivity contribution in [2.75, 3.05) is 5.32 Å². The van der Waals surface area contributed by atoms with Crippen LogP contribution >= 0.6 is 38.9 Å². The molecule has 0 fully saturated rings. The number of anilines is 1.